The number of hydroxylamine groups is 1. The molecule has 8 N–H and O–H groups in total. The van der Waals surface area contributed by atoms with Gasteiger partial charge < -0.3 is 60.6 Å². The summed E-state index contributed by atoms with van der Waals surface area (Å²) in [7, 11) is 2.10. The number of alkyl halides is 3. The molecule has 0 aliphatic carbocycles. The first-order valence-corrected chi connectivity index (χ1v) is 24.7. The molecule has 0 spiro atoms. The second-order valence-electron chi connectivity index (χ2n) is 19.6. The molecule has 0 aromatic heterocycles. The number of carboxylic acid groups (broad SMARTS) is 1. The zero-order chi connectivity index (χ0) is 54.7. The molecule has 0 bridgehead atoms. The Hall–Kier alpha value is -7.02. The highest BCUT2D eigenvalue weighted by molar-refractivity contribution is 6.03. The number of nitrogens with one attached hydrogen (secondary N) is 6. The van der Waals surface area contributed by atoms with Crippen molar-refractivity contribution in [3.05, 3.63) is 119 Å². The fraction of sp³-hybridized carbons (Fsp3) is 0.434. The van der Waals surface area contributed by atoms with E-state index in [1.165, 1.54) is 28.0 Å². The van der Waals surface area contributed by atoms with Gasteiger partial charge in [-0.25, -0.2) is 5.48 Å². The van der Waals surface area contributed by atoms with Crippen molar-refractivity contribution in [2.24, 2.45) is 10.2 Å². The summed E-state index contributed by atoms with van der Waals surface area (Å²) < 4.78 is 42.9. The van der Waals surface area contributed by atoms with Gasteiger partial charge in [-0.2, -0.15) is 17.7 Å². The smallest absolute Gasteiger partial charge is 0.442 e. The van der Waals surface area contributed by atoms with Crippen molar-refractivity contribution in [2.45, 2.75) is 114 Å². The third-order valence-corrected chi connectivity index (χ3v) is 13.7. The molecule has 3 heterocycles. The predicted octanol–water partition coefficient (Wildman–Crippen LogP) is 2.46. The standard InChI is InChI=1S/C53H63F3N10O9.HI/c1-50(2)35-15-6-8-18-39(35)65(5)41(50)20-14-21-42-51(3,4)36-16-7-9-19-40(36)66(42)30-13-11-22-43(67)57-29-12-10-17-37(61-47(72)33-23-25-34(26-24-33)52(63-64-52)53(54,55)56)48(73)59-31-44(68)58-32-45(69)60-38(49(74)62-75)27-28-46(70)71;/h6-9,14-16,18-21,23-26,37-38H,10-13,17,22,27-32H2,1-5H3,(H7-,57,58,59,60,61,62,63,64,67,68,69,70,71,72,73,74,75);1H/t37-,38-;/m0./s1. The lowest BCUT2D eigenvalue weighted by Gasteiger charge is -2.27. The number of nitrogens with zero attached hydrogens (tertiary/aromatic N) is 4. The largest absolute Gasteiger partial charge is 1.00 e. The molecule has 6 amide bonds. The first-order valence-electron chi connectivity index (χ1n) is 24.7. The summed E-state index contributed by atoms with van der Waals surface area (Å²) in [5, 5.41) is 36.4. The van der Waals surface area contributed by atoms with Gasteiger partial charge >= 0.3 is 17.8 Å². The van der Waals surface area contributed by atoms with Crippen molar-refractivity contribution in [1.82, 2.24) is 32.1 Å². The van der Waals surface area contributed by atoms with Crippen LogP contribution in [0.15, 0.2) is 107 Å². The molecular weight excluding hydrogens is 1100 g/mol. The lowest BCUT2D eigenvalue weighted by Crippen LogP contribution is -3.00. The molecule has 2 atom stereocenters. The molecule has 3 aromatic carbocycles. The molecule has 6 rings (SSSR count). The van der Waals surface area contributed by atoms with Crippen LogP contribution in [0.5, 0.6) is 0 Å². The number of carboxylic acids is 1. The highest BCUT2D eigenvalue weighted by Crippen LogP contribution is 2.52. The van der Waals surface area contributed by atoms with Crippen LogP contribution in [0, 0.1) is 0 Å². The Morgan fingerprint density at radius 3 is 2.01 bits per heavy atom. The number of hydrogen-bond acceptors (Lipinski definition) is 11. The number of halogens is 4. The lowest BCUT2D eigenvalue weighted by molar-refractivity contribution is -0.401. The second-order valence-corrected chi connectivity index (χ2v) is 19.6. The molecule has 3 aliphatic heterocycles. The van der Waals surface area contributed by atoms with E-state index in [-0.39, 0.29) is 77.6 Å². The monoisotopic (exact) mass is 1170 g/mol. The number of unbranched alkanes of at least 4 members (excludes halogenated alkanes) is 2. The average Bonchev–Trinajstić information content (AvgIpc) is 4.14. The van der Waals surface area contributed by atoms with E-state index in [4.69, 9.17) is 10.3 Å². The van der Waals surface area contributed by atoms with E-state index in [1.54, 1.807) is 0 Å². The normalized spacial score (nSPS) is 16.7. The Balaban J connectivity index is 0.0000107. The maximum atomic E-state index is 13.6. The third-order valence-electron chi connectivity index (χ3n) is 13.7. The van der Waals surface area contributed by atoms with Crippen molar-refractivity contribution in [3.63, 3.8) is 0 Å². The van der Waals surface area contributed by atoms with E-state index < -0.39 is 78.9 Å². The molecule has 23 heteroatoms. The minimum Gasteiger partial charge on any atom is -1.00 e. The van der Waals surface area contributed by atoms with E-state index in [0.29, 0.717) is 25.8 Å². The second kappa shape index (κ2) is 25.7. The zero-order valence-corrected chi connectivity index (χ0v) is 45.0. The Bertz CT molecular complexity index is 2790. The van der Waals surface area contributed by atoms with E-state index in [1.807, 2.05) is 12.1 Å². The van der Waals surface area contributed by atoms with E-state index in [2.05, 4.69) is 136 Å². The summed E-state index contributed by atoms with van der Waals surface area (Å²) in [6.45, 7) is 8.50. The summed E-state index contributed by atoms with van der Waals surface area (Å²) >= 11 is 0. The number of carbonyl (C=O) groups is 7. The van der Waals surface area contributed by atoms with Crippen LogP contribution >= 0.6 is 0 Å². The Morgan fingerprint density at radius 1 is 0.724 bits per heavy atom. The van der Waals surface area contributed by atoms with Gasteiger partial charge in [0, 0.05) is 71.6 Å². The summed E-state index contributed by atoms with van der Waals surface area (Å²) in [4.78, 5) is 89.9. The average molecular weight is 1170 g/mol. The molecule has 408 valence electrons. The summed E-state index contributed by atoms with van der Waals surface area (Å²) in [5.41, 5.74) is 5.00. The van der Waals surface area contributed by atoms with Crippen molar-refractivity contribution < 1.29 is 85.6 Å². The van der Waals surface area contributed by atoms with Crippen LogP contribution in [0.3, 0.4) is 0 Å². The molecule has 0 radical (unpaired) electrons. The van der Waals surface area contributed by atoms with Gasteiger partial charge in [0.15, 0.2) is 5.71 Å². The van der Waals surface area contributed by atoms with E-state index >= 15 is 0 Å². The highest BCUT2D eigenvalue weighted by atomic mass is 127. The zero-order valence-electron chi connectivity index (χ0n) is 42.9. The van der Waals surface area contributed by atoms with Crippen LogP contribution in [-0.2, 0) is 45.3 Å². The van der Waals surface area contributed by atoms with Crippen molar-refractivity contribution >= 4 is 58.5 Å². The van der Waals surface area contributed by atoms with E-state index in [0.717, 1.165) is 42.1 Å². The van der Waals surface area contributed by atoms with Gasteiger partial charge in [0.2, 0.25) is 29.3 Å². The number of amides is 6. The molecular formula is C53H64F3IN10O9. The highest BCUT2D eigenvalue weighted by Gasteiger charge is 2.65. The number of anilines is 1. The summed E-state index contributed by atoms with van der Waals surface area (Å²) in [6, 6.07) is 18.5. The lowest BCUT2D eigenvalue weighted by atomic mass is 9.81. The Morgan fingerprint density at radius 2 is 1.37 bits per heavy atom. The van der Waals surface area contributed by atoms with Crippen LogP contribution in [0.1, 0.15) is 106 Å². The van der Waals surface area contributed by atoms with Gasteiger partial charge in [0.1, 0.15) is 19.1 Å². The number of benzene rings is 3. The number of carbonyl (C=O) groups excluding carboxylic acids is 6. The minimum atomic E-state index is -4.78. The van der Waals surface area contributed by atoms with Crippen LogP contribution in [0.4, 0.5) is 24.5 Å². The van der Waals surface area contributed by atoms with Gasteiger partial charge in [-0.1, -0.05) is 68.5 Å². The molecule has 0 saturated heterocycles. The van der Waals surface area contributed by atoms with Gasteiger partial charge in [-0.15, -0.1) is 10.2 Å². The molecule has 0 fully saturated rings. The van der Waals surface area contributed by atoms with Crippen LogP contribution in [-0.4, -0.2) is 114 Å². The minimum absolute atomic E-state index is 0. The van der Waals surface area contributed by atoms with Gasteiger partial charge in [0.05, 0.1) is 18.5 Å². The third kappa shape index (κ3) is 14.3. The van der Waals surface area contributed by atoms with Crippen molar-refractivity contribution in [2.75, 3.05) is 38.1 Å². The number of hydrogen-bond donors (Lipinski definition) is 8. The number of rotatable bonds is 25. The predicted molar refractivity (Wildman–Crippen MR) is 270 cm³/mol. The van der Waals surface area contributed by atoms with E-state index in [9.17, 15) is 46.7 Å². The maximum Gasteiger partial charge on any atom is 0.442 e. The van der Waals surface area contributed by atoms with Crippen molar-refractivity contribution in [3.8, 4) is 0 Å². The van der Waals surface area contributed by atoms with Crippen LogP contribution < -0.4 is 60.9 Å². The SMILES string of the molecule is C[N+]1=C(/C=C/C=C2/N(CCCCC(=O)NCCCC[C@H](NC(=O)c3ccc(C4(C(F)(F)F)N=N4)cc3)C(=O)NCC(=O)NCC(=O)N[C@@H](CCC(=O)O)C(=O)NO)c3ccccc3C2(C)C)C(C)(C)c2ccccc21.[I-]. The molecule has 0 unspecified atom stereocenters. The molecule has 19 nitrogen and oxygen atoms in total. The topological polar surface area (TPSA) is 263 Å². The molecule has 3 aromatic rings. The van der Waals surface area contributed by atoms with Crippen LogP contribution in [0.2, 0.25) is 0 Å². The summed E-state index contributed by atoms with van der Waals surface area (Å²) in [6.07, 6.45) is 3.21. The van der Waals surface area contributed by atoms with Gasteiger partial charge in [0.25, 0.3) is 11.8 Å². The Labute approximate surface area is 455 Å². The summed E-state index contributed by atoms with van der Waals surface area (Å²) in [5.74, 6) is -5.88. The van der Waals surface area contributed by atoms with Crippen molar-refractivity contribution in [1.29, 1.82) is 0 Å². The number of aliphatic carboxylic acids is 1. The quantitative estimate of drug-likeness (QED) is 0.0202. The number of para-hydroxylation sites is 2. The number of fused-ring (bicyclic) bond motifs is 2. The molecule has 3 aliphatic rings. The molecule has 76 heavy (non-hydrogen) atoms. The van der Waals surface area contributed by atoms with Gasteiger partial charge in [-0.3, -0.25) is 38.8 Å². The first-order chi connectivity index (χ1) is 35.5. The fourth-order valence-electron chi connectivity index (χ4n) is 9.46. The fourth-order valence-corrected chi connectivity index (χ4v) is 9.46. The maximum absolute atomic E-state index is 13.6. The number of allylic oxidation sites excluding steroid dienone is 4. The Kier molecular flexibility index (Phi) is 20.2. The van der Waals surface area contributed by atoms with Crippen LogP contribution in [0.25, 0.3) is 0 Å². The molecule has 0 saturated carbocycles. The van der Waals surface area contributed by atoms with Gasteiger partial charge in [-0.05, 0) is 82.2 Å². The first kappa shape index (κ1) is 59.9.